The van der Waals surface area contributed by atoms with Crippen LogP contribution in [-0.4, -0.2) is 54.2 Å². The first-order valence-corrected chi connectivity index (χ1v) is 13.7. The van der Waals surface area contributed by atoms with Crippen molar-refractivity contribution < 1.29 is 33.8 Å². The van der Waals surface area contributed by atoms with Gasteiger partial charge in [0.1, 0.15) is 12.2 Å². The second-order valence-corrected chi connectivity index (χ2v) is 10.2. The van der Waals surface area contributed by atoms with Gasteiger partial charge < -0.3 is 25.6 Å². The van der Waals surface area contributed by atoms with E-state index in [2.05, 4.69) is 18.5 Å². The number of carboxylic acid groups (broad SMARTS) is 1. The van der Waals surface area contributed by atoms with Crippen molar-refractivity contribution in [3.05, 3.63) is 25.3 Å². The first kappa shape index (κ1) is 30.5. The predicted octanol–water partition coefficient (Wildman–Crippen LogP) is 3.51. The molecule has 9 heteroatoms. The molecule has 208 valence electrons. The van der Waals surface area contributed by atoms with Crippen LogP contribution in [-0.2, 0) is 28.7 Å². The van der Waals surface area contributed by atoms with E-state index in [9.17, 15) is 19.2 Å². The fraction of sp³-hybridized carbons (Fsp3) is 0.714. The van der Waals surface area contributed by atoms with Gasteiger partial charge in [-0.2, -0.15) is 0 Å². The van der Waals surface area contributed by atoms with Crippen LogP contribution in [0, 0.1) is 23.7 Å². The van der Waals surface area contributed by atoms with Crippen molar-refractivity contribution in [3.63, 3.8) is 0 Å². The Morgan fingerprint density at radius 1 is 0.838 bits per heavy atom. The highest BCUT2D eigenvalue weighted by Crippen LogP contribution is 2.41. The number of nitrogens with one attached hydrogen (secondary N) is 1. The number of ether oxygens (including phenoxy) is 2. The summed E-state index contributed by atoms with van der Waals surface area (Å²) in [5.41, 5.74) is 5.28. The number of fused-ring (bicyclic) bond motifs is 4. The van der Waals surface area contributed by atoms with E-state index in [0.717, 1.165) is 51.5 Å². The van der Waals surface area contributed by atoms with Crippen LogP contribution in [0.3, 0.4) is 0 Å². The molecule has 4 N–H and O–H groups in total. The average Bonchev–Trinajstić information content (AvgIpc) is 3.65. The quantitative estimate of drug-likeness (QED) is 0.190. The van der Waals surface area contributed by atoms with Gasteiger partial charge in [-0.1, -0.05) is 25.0 Å². The van der Waals surface area contributed by atoms with E-state index in [4.69, 9.17) is 20.3 Å². The number of unbranched alkanes of at least 4 members (excludes halogenated alkanes) is 6. The van der Waals surface area contributed by atoms with Gasteiger partial charge in [-0.05, 0) is 70.8 Å². The number of carbonyl (C=O) groups is 4. The number of hydrogen-bond acceptors (Lipinski definition) is 7. The Bertz CT molecular complexity index is 799. The van der Waals surface area contributed by atoms with Crippen LogP contribution in [0.1, 0.15) is 77.0 Å². The summed E-state index contributed by atoms with van der Waals surface area (Å²) >= 11 is 0. The lowest BCUT2D eigenvalue weighted by Gasteiger charge is -2.20. The van der Waals surface area contributed by atoms with Crippen LogP contribution in [0.5, 0.6) is 0 Å². The van der Waals surface area contributed by atoms with Crippen LogP contribution in [0.25, 0.3) is 0 Å². The number of aliphatic carboxylic acids is 1. The number of rotatable bonds is 13. The Kier molecular flexibility index (Phi) is 13.4. The topological polar surface area (TPSA) is 145 Å². The third-order valence-corrected chi connectivity index (χ3v) is 7.36. The highest BCUT2D eigenvalue weighted by atomic mass is 16.6. The second kappa shape index (κ2) is 16.2. The smallest absolute Gasteiger partial charge is 0.310 e. The van der Waals surface area contributed by atoms with Gasteiger partial charge in [-0.25, -0.2) is 0 Å². The van der Waals surface area contributed by atoms with E-state index < -0.39 is 11.9 Å². The van der Waals surface area contributed by atoms with Crippen molar-refractivity contribution in [2.75, 3.05) is 13.1 Å². The summed E-state index contributed by atoms with van der Waals surface area (Å²) in [6.07, 6.45) is 15.4. The van der Waals surface area contributed by atoms with Crippen molar-refractivity contribution in [3.8, 4) is 0 Å². The molecule has 0 aromatic heterocycles. The molecule has 2 saturated carbocycles. The molecule has 0 spiro atoms. The van der Waals surface area contributed by atoms with Crippen molar-refractivity contribution >= 4 is 23.8 Å². The molecule has 0 aromatic carbocycles. The fourth-order valence-electron chi connectivity index (χ4n) is 5.30. The largest absolute Gasteiger partial charge is 0.481 e. The Balaban J connectivity index is 0.000000216. The maximum atomic E-state index is 11.9. The van der Waals surface area contributed by atoms with E-state index in [-0.39, 0.29) is 47.8 Å². The molecule has 2 aliphatic heterocycles. The number of esters is 2. The molecule has 6 unspecified atom stereocenters. The zero-order chi connectivity index (χ0) is 27.2. The Morgan fingerprint density at radius 3 is 1.78 bits per heavy atom. The molecule has 2 heterocycles. The summed E-state index contributed by atoms with van der Waals surface area (Å²) in [4.78, 5) is 44.7. The third kappa shape index (κ3) is 9.61. The zero-order valence-corrected chi connectivity index (χ0v) is 21.9. The van der Waals surface area contributed by atoms with Crippen molar-refractivity contribution in [2.45, 2.75) is 89.3 Å². The van der Waals surface area contributed by atoms with Crippen molar-refractivity contribution in [2.24, 2.45) is 29.4 Å². The third-order valence-electron chi connectivity index (χ3n) is 7.36. The Morgan fingerprint density at radius 2 is 1.35 bits per heavy atom. The van der Waals surface area contributed by atoms with E-state index in [1.54, 1.807) is 0 Å². The standard InChI is InChI=1S/C14H21NO3.C7H15N.C7H8O4/c1-2-3-4-5-6-7-15-13(16)11-8-10-9-12(11)14(17)18-10;1-2-3-4-5-6-7-8;8-6(9)4-1-3-2-5(4)7(10)11-3/h2,10-12H,1,3-9H2,(H,15,16);2H,1,3-8H2;3-5H,1-2H2,(H,8,9). The van der Waals surface area contributed by atoms with Crippen LogP contribution in [0.15, 0.2) is 25.3 Å². The van der Waals surface area contributed by atoms with Crippen LogP contribution in [0.4, 0.5) is 0 Å². The van der Waals surface area contributed by atoms with E-state index in [0.29, 0.717) is 25.8 Å². The van der Waals surface area contributed by atoms with Gasteiger partial charge in [0.25, 0.3) is 0 Å². The number of nitrogens with two attached hydrogens (primary N) is 1. The lowest BCUT2D eigenvalue weighted by molar-refractivity contribution is -0.158. The lowest BCUT2D eigenvalue weighted by atomic mass is 9.95. The summed E-state index contributed by atoms with van der Waals surface area (Å²) in [5, 5.41) is 11.6. The Hall–Kier alpha value is -2.68. The maximum absolute atomic E-state index is 11.9. The van der Waals surface area contributed by atoms with Gasteiger partial charge in [-0.3, -0.25) is 19.2 Å². The van der Waals surface area contributed by atoms with Crippen LogP contribution < -0.4 is 11.1 Å². The molecule has 2 saturated heterocycles. The number of amides is 1. The maximum Gasteiger partial charge on any atom is 0.310 e. The van der Waals surface area contributed by atoms with Crippen molar-refractivity contribution in [1.82, 2.24) is 5.32 Å². The van der Waals surface area contributed by atoms with E-state index >= 15 is 0 Å². The predicted molar refractivity (Wildman–Crippen MR) is 139 cm³/mol. The summed E-state index contributed by atoms with van der Waals surface area (Å²) in [5.74, 6) is -2.53. The molecule has 4 rings (SSSR count). The lowest BCUT2D eigenvalue weighted by Crippen LogP contribution is -2.37. The molecule has 2 aliphatic carbocycles. The van der Waals surface area contributed by atoms with Crippen LogP contribution >= 0.6 is 0 Å². The number of carboxylic acids is 1. The van der Waals surface area contributed by atoms with Gasteiger partial charge in [0.15, 0.2) is 0 Å². The van der Waals surface area contributed by atoms with Gasteiger partial charge >= 0.3 is 17.9 Å². The number of hydrogen-bond donors (Lipinski definition) is 3. The van der Waals surface area contributed by atoms with Gasteiger partial charge in [0.2, 0.25) is 5.91 Å². The molecule has 4 aliphatic rings. The number of allylic oxidation sites excluding steroid dienone is 2. The molecule has 0 aromatic rings. The van der Waals surface area contributed by atoms with Gasteiger partial charge in [0.05, 0.1) is 23.7 Å². The monoisotopic (exact) mass is 520 g/mol. The highest BCUT2D eigenvalue weighted by molar-refractivity contribution is 5.87. The summed E-state index contributed by atoms with van der Waals surface area (Å²) in [6, 6.07) is 0. The molecular weight excluding hydrogens is 476 g/mol. The van der Waals surface area contributed by atoms with Gasteiger partial charge in [0, 0.05) is 6.54 Å². The molecule has 4 fully saturated rings. The second-order valence-electron chi connectivity index (χ2n) is 10.2. The minimum Gasteiger partial charge on any atom is -0.481 e. The van der Waals surface area contributed by atoms with Crippen molar-refractivity contribution in [1.29, 1.82) is 0 Å². The minimum absolute atomic E-state index is 0.00848. The minimum atomic E-state index is -0.867. The molecule has 1 amide bonds. The molecule has 37 heavy (non-hydrogen) atoms. The molecular formula is C28H44N2O7. The Labute approximate surface area is 220 Å². The summed E-state index contributed by atoms with van der Waals surface area (Å²) in [7, 11) is 0. The molecule has 6 atom stereocenters. The molecule has 0 radical (unpaired) electrons. The molecule has 4 bridgehead atoms. The fourth-order valence-corrected chi connectivity index (χ4v) is 5.30. The summed E-state index contributed by atoms with van der Waals surface area (Å²) in [6.45, 7) is 8.84. The average molecular weight is 521 g/mol. The van der Waals surface area contributed by atoms with E-state index in [1.807, 2.05) is 12.2 Å². The SMILES string of the molecule is C=CCCCCCN.C=CCCCCCNC(=O)C1CC2CC1C(=O)O2.O=C(O)C1CC2CC1C(=O)O2. The van der Waals surface area contributed by atoms with Crippen LogP contribution in [0.2, 0.25) is 0 Å². The number of carbonyl (C=O) groups excluding carboxylic acids is 3. The molecule has 9 nitrogen and oxygen atoms in total. The summed E-state index contributed by atoms with van der Waals surface area (Å²) < 4.78 is 9.92. The first-order valence-electron chi connectivity index (χ1n) is 13.7. The zero-order valence-electron chi connectivity index (χ0n) is 21.9. The van der Waals surface area contributed by atoms with Gasteiger partial charge in [-0.15, -0.1) is 13.2 Å². The normalized spacial score (nSPS) is 28.2. The highest BCUT2D eigenvalue weighted by Gasteiger charge is 2.51. The van der Waals surface area contributed by atoms with E-state index in [1.165, 1.54) is 12.8 Å². The first-order chi connectivity index (χ1) is 17.8.